The summed E-state index contributed by atoms with van der Waals surface area (Å²) in [5.41, 5.74) is 4.17. The molecule has 0 aliphatic rings. The van der Waals surface area contributed by atoms with Crippen LogP contribution in [0.25, 0.3) is 11.1 Å². The number of benzene rings is 3. The van der Waals surface area contributed by atoms with Crippen LogP contribution in [0.15, 0.2) is 76.7 Å². The second-order valence-corrected chi connectivity index (χ2v) is 8.05. The molecule has 32 heavy (non-hydrogen) atoms. The number of aliphatic imine (C=N–C) groups is 2. The number of phenols is 2. The largest absolute Gasteiger partial charge is 0.507 e. The Hall–Kier alpha value is -3.40. The summed E-state index contributed by atoms with van der Waals surface area (Å²) in [6, 6.07) is 20.6. The van der Waals surface area contributed by atoms with Crippen molar-refractivity contribution in [1.29, 1.82) is 0 Å². The first-order valence-electron chi connectivity index (χ1n) is 11.4. The van der Waals surface area contributed by atoms with E-state index in [4.69, 9.17) is 0 Å². The first-order chi connectivity index (χ1) is 15.6. The number of phenolic OH excluding ortho intramolecular Hbond substituents is 2. The summed E-state index contributed by atoms with van der Waals surface area (Å²) >= 11 is 0. The molecule has 3 aromatic rings. The van der Waals surface area contributed by atoms with Gasteiger partial charge in [0.25, 0.3) is 0 Å². The third kappa shape index (κ3) is 6.55. The van der Waals surface area contributed by atoms with E-state index in [1.807, 2.05) is 48.5 Å². The van der Waals surface area contributed by atoms with Gasteiger partial charge in [-0.15, -0.1) is 0 Å². The van der Waals surface area contributed by atoms with Crippen molar-refractivity contribution in [3.63, 3.8) is 0 Å². The van der Waals surface area contributed by atoms with Crippen molar-refractivity contribution in [3.05, 3.63) is 77.9 Å². The second-order valence-electron chi connectivity index (χ2n) is 8.05. The lowest BCUT2D eigenvalue weighted by molar-refractivity contribution is 0.462. The molecule has 0 saturated carbocycles. The van der Waals surface area contributed by atoms with Gasteiger partial charge in [-0.3, -0.25) is 9.98 Å². The van der Waals surface area contributed by atoms with Crippen LogP contribution in [0, 0.1) is 5.92 Å². The van der Waals surface area contributed by atoms with Gasteiger partial charge in [0.15, 0.2) is 0 Å². The Morgan fingerprint density at radius 2 is 1.59 bits per heavy atom. The first kappa shape index (κ1) is 23.3. The average molecular weight is 429 g/mol. The number of unbranched alkanes of at least 4 members (excludes halogenated alkanes) is 1. The highest BCUT2D eigenvalue weighted by Gasteiger charge is 2.06. The SMILES string of the molecule is CCCCC(CC)CN=Cc1cc(-c2cccc(N=Cc3ccccc3O)c2)ccc1O. The molecule has 3 rings (SSSR count). The quantitative estimate of drug-likeness (QED) is 0.337. The molecule has 166 valence electrons. The van der Waals surface area contributed by atoms with E-state index < -0.39 is 0 Å². The maximum Gasteiger partial charge on any atom is 0.124 e. The normalized spacial score (nSPS) is 12.6. The van der Waals surface area contributed by atoms with Gasteiger partial charge < -0.3 is 10.2 Å². The maximum atomic E-state index is 10.3. The van der Waals surface area contributed by atoms with Crippen LogP contribution in [0.5, 0.6) is 11.5 Å². The zero-order chi connectivity index (χ0) is 22.8. The monoisotopic (exact) mass is 428 g/mol. The molecule has 0 heterocycles. The molecule has 2 N–H and O–H groups in total. The molecule has 0 fully saturated rings. The molecule has 4 nitrogen and oxygen atoms in total. The molecule has 0 aromatic heterocycles. The molecule has 0 bridgehead atoms. The molecule has 0 amide bonds. The van der Waals surface area contributed by atoms with Gasteiger partial charge >= 0.3 is 0 Å². The van der Waals surface area contributed by atoms with E-state index in [2.05, 4.69) is 23.8 Å². The average Bonchev–Trinajstić information content (AvgIpc) is 2.82. The van der Waals surface area contributed by atoms with Crippen LogP contribution in [-0.2, 0) is 0 Å². The van der Waals surface area contributed by atoms with Gasteiger partial charge in [0, 0.05) is 30.1 Å². The predicted octanol–water partition coefficient (Wildman–Crippen LogP) is 7.15. The third-order valence-corrected chi connectivity index (χ3v) is 5.63. The van der Waals surface area contributed by atoms with Gasteiger partial charge in [0.05, 0.1) is 5.69 Å². The van der Waals surface area contributed by atoms with Crippen LogP contribution in [0.1, 0.15) is 50.7 Å². The molecule has 0 aliphatic heterocycles. The van der Waals surface area contributed by atoms with Crippen molar-refractivity contribution in [2.75, 3.05) is 6.54 Å². The van der Waals surface area contributed by atoms with E-state index in [0.717, 1.165) is 35.3 Å². The Bertz CT molecular complexity index is 1070. The van der Waals surface area contributed by atoms with Crippen LogP contribution in [0.2, 0.25) is 0 Å². The van der Waals surface area contributed by atoms with Crippen molar-refractivity contribution in [3.8, 4) is 22.6 Å². The van der Waals surface area contributed by atoms with E-state index >= 15 is 0 Å². The number of hydrogen-bond donors (Lipinski definition) is 2. The Kier molecular flexibility index (Phi) is 8.61. The van der Waals surface area contributed by atoms with E-state index in [0.29, 0.717) is 11.5 Å². The van der Waals surface area contributed by atoms with Crippen molar-refractivity contribution < 1.29 is 10.2 Å². The number of aromatic hydroxyl groups is 2. The van der Waals surface area contributed by atoms with Crippen LogP contribution in [0.3, 0.4) is 0 Å². The van der Waals surface area contributed by atoms with Crippen LogP contribution in [0.4, 0.5) is 5.69 Å². The number of nitrogens with zero attached hydrogens (tertiary/aromatic N) is 2. The minimum Gasteiger partial charge on any atom is -0.507 e. The van der Waals surface area contributed by atoms with E-state index in [1.165, 1.54) is 19.3 Å². The van der Waals surface area contributed by atoms with Gasteiger partial charge in [0.2, 0.25) is 0 Å². The molecule has 4 heteroatoms. The number of hydrogen-bond acceptors (Lipinski definition) is 4. The zero-order valence-electron chi connectivity index (χ0n) is 18.9. The molecule has 0 radical (unpaired) electrons. The highest BCUT2D eigenvalue weighted by Crippen LogP contribution is 2.28. The third-order valence-electron chi connectivity index (χ3n) is 5.63. The molecule has 1 atom stereocenters. The number of rotatable bonds is 10. The summed E-state index contributed by atoms with van der Waals surface area (Å²) in [5, 5.41) is 20.2. The summed E-state index contributed by atoms with van der Waals surface area (Å²) in [7, 11) is 0. The lowest BCUT2D eigenvalue weighted by Gasteiger charge is -2.11. The molecule has 0 aliphatic carbocycles. The fourth-order valence-electron chi connectivity index (χ4n) is 3.56. The lowest BCUT2D eigenvalue weighted by Crippen LogP contribution is -2.03. The minimum absolute atomic E-state index is 0.204. The van der Waals surface area contributed by atoms with E-state index in [9.17, 15) is 10.2 Å². The van der Waals surface area contributed by atoms with E-state index in [1.54, 1.807) is 30.6 Å². The van der Waals surface area contributed by atoms with Crippen LogP contribution in [-0.4, -0.2) is 29.2 Å². The van der Waals surface area contributed by atoms with Gasteiger partial charge in [0.1, 0.15) is 11.5 Å². The summed E-state index contributed by atoms with van der Waals surface area (Å²) in [5.74, 6) is 1.03. The zero-order valence-corrected chi connectivity index (χ0v) is 18.9. The van der Waals surface area contributed by atoms with Crippen LogP contribution < -0.4 is 0 Å². The highest BCUT2D eigenvalue weighted by molar-refractivity contribution is 5.87. The van der Waals surface area contributed by atoms with Crippen molar-refractivity contribution in [1.82, 2.24) is 0 Å². The van der Waals surface area contributed by atoms with Crippen LogP contribution >= 0.6 is 0 Å². The second kappa shape index (κ2) is 11.8. The fourth-order valence-corrected chi connectivity index (χ4v) is 3.56. The molecule has 0 saturated heterocycles. The summed E-state index contributed by atoms with van der Waals surface area (Å²) < 4.78 is 0. The smallest absolute Gasteiger partial charge is 0.124 e. The lowest BCUT2D eigenvalue weighted by atomic mass is 9.99. The van der Waals surface area contributed by atoms with Crippen molar-refractivity contribution >= 4 is 18.1 Å². The predicted molar refractivity (Wildman–Crippen MR) is 135 cm³/mol. The Morgan fingerprint density at radius 3 is 2.38 bits per heavy atom. The van der Waals surface area contributed by atoms with Gasteiger partial charge in [-0.05, 0) is 59.9 Å². The Morgan fingerprint density at radius 1 is 0.812 bits per heavy atom. The molecule has 1 unspecified atom stereocenters. The fraction of sp³-hybridized carbons (Fsp3) is 0.286. The Balaban J connectivity index is 1.76. The van der Waals surface area contributed by atoms with Crippen molar-refractivity contribution in [2.45, 2.75) is 39.5 Å². The summed E-state index contributed by atoms with van der Waals surface area (Å²) in [4.78, 5) is 9.12. The van der Waals surface area contributed by atoms with Gasteiger partial charge in [-0.2, -0.15) is 0 Å². The molecular weight excluding hydrogens is 396 g/mol. The summed E-state index contributed by atoms with van der Waals surface area (Å²) in [6.07, 6.45) is 8.21. The molecule has 3 aromatic carbocycles. The van der Waals surface area contributed by atoms with Gasteiger partial charge in [-0.25, -0.2) is 0 Å². The molecule has 0 spiro atoms. The van der Waals surface area contributed by atoms with Crippen molar-refractivity contribution in [2.24, 2.45) is 15.9 Å². The maximum absolute atomic E-state index is 10.3. The van der Waals surface area contributed by atoms with E-state index in [-0.39, 0.29) is 11.5 Å². The first-order valence-corrected chi connectivity index (χ1v) is 11.4. The Labute approximate surface area is 191 Å². The molecular formula is C28H32N2O2. The minimum atomic E-state index is 0.204. The topological polar surface area (TPSA) is 65.2 Å². The summed E-state index contributed by atoms with van der Waals surface area (Å²) in [6.45, 7) is 5.21. The number of para-hydroxylation sites is 1. The van der Waals surface area contributed by atoms with Gasteiger partial charge in [-0.1, -0.05) is 63.4 Å². The standard InChI is InChI=1S/C28H32N2O2/c1-3-5-9-21(4-2)18-29-19-25-16-23(14-15-28(25)32)22-11-8-12-26(17-22)30-20-24-10-6-7-13-27(24)31/h6-8,10-17,19-21,31-32H,3-5,9,18H2,1-2H3. The highest BCUT2D eigenvalue weighted by atomic mass is 16.3.